The molecule has 9 nitrogen and oxygen atoms in total. The van der Waals surface area contributed by atoms with Crippen LogP contribution >= 0.6 is 0 Å². The highest BCUT2D eigenvalue weighted by Gasteiger charge is 2.17. The summed E-state index contributed by atoms with van der Waals surface area (Å²) in [4.78, 5) is 20.6. The van der Waals surface area contributed by atoms with Gasteiger partial charge in [-0.2, -0.15) is 0 Å². The van der Waals surface area contributed by atoms with E-state index in [1.54, 1.807) is 42.6 Å². The molecule has 0 bridgehead atoms. The number of hydrogen-bond acceptors (Lipinski definition) is 8. The van der Waals surface area contributed by atoms with Crippen LogP contribution in [0.2, 0.25) is 0 Å². The maximum Gasteiger partial charge on any atom is 0.343 e. The minimum Gasteiger partial charge on any atom is -0.490 e. The van der Waals surface area contributed by atoms with Crippen molar-refractivity contribution < 1.29 is 27.4 Å². The fourth-order valence-corrected chi connectivity index (χ4v) is 3.34. The summed E-state index contributed by atoms with van der Waals surface area (Å²) < 4.78 is 41.6. The molecule has 0 atom stereocenters. The van der Waals surface area contributed by atoms with Gasteiger partial charge in [0.2, 0.25) is 15.9 Å². The molecule has 2 heterocycles. The minimum absolute atomic E-state index is 0.0161. The summed E-state index contributed by atoms with van der Waals surface area (Å²) in [5.41, 5.74) is 0.171. The van der Waals surface area contributed by atoms with Crippen molar-refractivity contribution >= 4 is 16.0 Å². The molecule has 162 valence electrons. The van der Waals surface area contributed by atoms with Crippen LogP contribution in [0.25, 0.3) is 0 Å². The number of aromatic nitrogens is 2. The number of esters is 1. The Hall–Kier alpha value is -3.50. The number of pyridine rings is 2. The number of rotatable bonds is 9. The third-order valence-corrected chi connectivity index (χ3v) is 5.86. The first-order chi connectivity index (χ1) is 14.9. The summed E-state index contributed by atoms with van der Waals surface area (Å²) in [6.45, 7) is 0.0718. The first-order valence-corrected chi connectivity index (χ1v) is 10.7. The molecular formula is C21H21N3O6S. The smallest absolute Gasteiger partial charge is 0.343 e. The molecule has 1 aromatic carbocycles. The average Bonchev–Trinajstić information content (AvgIpc) is 2.78. The van der Waals surface area contributed by atoms with Crippen LogP contribution in [-0.4, -0.2) is 56.0 Å². The fourth-order valence-electron chi connectivity index (χ4n) is 2.44. The highest BCUT2D eigenvalue weighted by atomic mass is 32.2. The van der Waals surface area contributed by atoms with E-state index in [0.29, 0.717) is 11.5 Å². The molecular weight excluding hydrogens is 422 g/mol. The maximum absolute atomic E-state index is 12.4. The maximum atomic E-state index is 12.4. The van der Waals surface area contributed by atoms with E-state index in [1.807, 2.05) is 0 Å². The van der Waals surface area contributed by atoms with Crippen LogP contribution in [-0.2, 0) is 14.8 Å². The lowest BCUT2D eigenvalue weighted by atomic mass is 10.3. The lowest BCUT2D eigenvalue weighted by Crippen LogP contribution is -2.22. The summed E-state index contributed by atoms with van der Waals surface area (Å²) in [6.07, 6.45) is 4.62. The third kappa shape index (κ3) is 5.77. The Morgan fingerprint density at radius 1 is 0.968 bits per heavy atom. The van der Waals surface area contributed by atoms with Crippen LogP contribution in [0.3, 0.4) is 0 Å². The van der Waals surface area contributed by atoms with Gasteiger partial charge in [0.25, 0.3) is 0 Å². The van der Waals surface area contributed by atoms with E-state index in [1.165, 1.54) is 38.6 Å². The summed E-state index contributed by atoms with van der Waals surface area (Å²) in [7, 11) is -0.577. The van der Waals surface area contributed by atoms with Gasteiger partial charge in [0, 0.05) is 26.5 Å². The fraction of sp³-hybridized carbons (Fsp3) is 0.190. The molecule has 10 heteroatoms. The van der Waals surface area contributed by atoms with Crippen molar-refractivity contribution in [2.75, 3.05) is 27.3 Å². The van der Waals surface area contributed by atoms with Crippen LogP contribution in [0.1, 0.15) is 10.4 Å². The van der Waals surface area contributed by atoms with Crippen LogP contribution in [0.15, 0.2) is 72.0 Å². The van der Waals surface area contributed by atoms with Gasteiger partial charge in [-0.15, -0.1) is 0 Å². The molecule has 3 aromatic rings. The number of nitrogens with zero attached hydrogens (tertiary/aromatic N) is 3. The first kappa shape index (κ1) is 22.2. The monoisotopic (exact) mass is 443 g/mol. The van der Waals surface area contributed by atoms with E-state index in [0.717, 1.165) is 4.31 Å². The second-order valence-electron chi connectivity index (χ2n) is 6.39. The van der Waals surface area contributed by atoms with Crippen LogP contribution in [0, 0.1) is 0 Å². The molecule has 0 unspecified atom stereocenters. The standard InChI is InChI=1S/C21H21N3O6S/c1-24(2)31(26,27)18-9-7-16(8-10-18)28-13-14-29-21(25)19-6-4-12-23-20(19)30-17-5-3-11-22-15-17/h3-12,15H,13-14H2,1-2H3. The van der Waals surface area contributed by atoms with E-state index in [-0.39, 0.29) is 29.6 Å². The molecule has 0 spiro atoms. The second-order valence-corrected chi connectivity index (χ2v) is 8.54. The van der Waals surface area contributed by atoms with Gasteiger partial charge < -0.3 is 14.2 Å². The van der Waals surface area contributed by atoms with E-state index < -0.39 is 16.0 Å². The van der Waals surface area contributed by atoms with Gasteiger partial charge in [0.05, 0.1) is 11.1 Å². The summed E-state index contributed by atoms with van der Waals surface area (Å²) >= 11 is 0. The molecule has 0 fully saturated rings. The molecule has 0 aliphatic rings. The Labute approximate surface area is 180 Å². The number of sulfonamides is 1. The zero-order chi connectivity index (χ0) is 22.3. The topological polar surface area (TPSA) is 108 Å². The van der Waals surface area contributed by atoms with E-state index >= 15 is 0 Å². The third-order valence-electron chi connectivity index (χ3n) is 4.03. The number of ether oxygens (including phenoxy) is 3. The highest BCUT2D eigenvalue weighted by Crippen LogP contribution is 2.22. The largest absolute Gasteiger partial charge is 0.490 e. The highest BCUT2D eigenvalue weighted by molar-refractivity contribution is 7.89. The van der Waals surface area contributed by atoms with Crippen molar-refractivity contribution in [3.63, 3.8) is 0 Å². The van der Waals surface area contributed by atoms with Gasteiger partial charge in [-0.05, 0) is 48.5 Å². The van der Waals surface area contributed by atoms with Crippen molar-refractivity contribution in [1.82, 2.24) is 14.3 Å². The lowest BCUT2D eigenvalue weighted by Gasteiger charge is -2.12. The molecule has 0 saturated carbocycles. The molecule has 2 aromatic heterocycles. The average molecular weight is 443 g/mol. The lowest BCUT2D eigenvalue weighted by molar-refractivity contribution is 0.0447. The van der Waals surface area contributed by atoms with Gasteiger partial charge in [0.15, 0.2) is 0 Å². The minimum atomic E-state index is -3.50. The van der Waals surface area contributed by atoms with Crippen LogP contribution in [0.4, 0.5) is 0 Å². The van der Waals surface area contributed by atoms with Crippen molar-refractivity contribution in [2.24, 2.45) is 0 Å². The molecule has 0 aliphatic carbocycles. The summed E-state index contributed by atoms with van der Waals surface area (Å²) in [6, 6.07) is 12.5. The van der Waals surface area contributed by atoms with Crippen LogP contribution < -0.4 is 9.47 Å². The van der Waals surface area contributed by atoms with Crippen molar-refractivity contribution in [3.8, 4) is 17.4 Å². The van der Waals surface area contributed by atoms with Crippen molar-refractivity contribution in [3.05, 3.63) is 72.7 Å². The predicted molar refractivity (Wildman–Crippen MR) is 112 cm³/mol. The van der Waals surface area contributed by atoms with E-state index in [4.69, 9.17) is 14.2 Å². The number of benzene rings is 1. The van der Waals surface area contributed by atoms with Gasteiger partial charge in [-0.25, -0.2) is 22.5 Å². The van der Waals surface area contributed by atoms with Crippen molar-refractivity contribution in [1.29, 1.82) is 0 Å². The Balaban J connectivity index is 1.53. The Morgan fingerprint density at radius 2 is 1.71 bits per heavy atom. The number of carbonyl (C=O) groups excluding carboxylic acids is 1. The van der Waals surface area contributed by atoms with Crippen LogP contribution in [0.5, 0.6) is 17.4 Å². The molecule has 0 saturated heterocycles. The van der Waals surface area contributed by atoms with Gasteiger partial charge in [0.1, 0.15) is 30.3 Å². The second kappa shape index (κ2) is 10.0. The molecule has 0 radical (unpaired) electrons. The Bertz CT molecular complexity index is 1120. The normalized spacial score (nSPS) is 11.2. The van der Waals surface area contributed by atoms with E-state index in [2.05, 4.69) is 9.97 Å². The molecule has 0 aliphatic heterocycles. The molecule has 0 N–H and O–H groups in total. The zero-order valence-corrected chi connectivity index (χ0v) is 17.8. The number of hydrogen-bond donors (Lipinski definition) is 0. The quantitative estimate of drug-likeness (QED) is 0.367. The zero-order valence-electron chi connectivity index (χ0n) is 17.0. The predicted octanol–water partition coefficient (Wildman–Crippen LogP) is 2.76. The van der Waals surface area contributed by atoms with Crippen molar-refractivity contribution in [2.45, 2.75) is 4.90 Å². The first-order valence-electron chi connectivity index (χ1n) is 9.23. The molecule has 31 heavy (non-hydrogen) atoms. The molecule has 0 amide bonds. The summed E-state index contributed by atoms with van der Waals surface area (Å²) in [5, 5.41) is 0. The van der Waals surface area contributed by atoms with E-state index in [9.17, 15) is 13.2 Å². The summed E-state index contributed by atoms with van der Waals surface area (Å²) in [5.74, 6) is 0.399. The Kier molecular flexibility index (Phi) is 7.16. The van der Waals surface area contributed by atoms with Gasteiger partial charge in [-0.1, -0.05) is 0 Å². The van der Waals surface area contributed by atoms with Gasteiger partial charge in [-0.3, -0.25) is 4.98 Å². The molecule has 3 rings (SSSR count). The SMILES string of the molecule is CN(C)S(=O)(=O)c1ccc(OCCOC(=O)c2cccnc2Oc2cccnc2)cc1. The number of carbonyl (C=O) groups is 1. The Morgan fingerprint density at radius 3 is 2.39 bits per heavy atom. The van der Waals surface area contributed by atoms with Gasteiger partial charge >= 0.3 is 5.97 Å².